The largest absolute Gasteiger partial charge is 0.395 e. The van der Waals surface area contributed by atoms with Gasteiger partial charge >= 0.3 is 0 Å². The highest BCUT2D eigenvalue weighted by Gasteiger charge is 2.32. The molecule has 2 fully saturated rings. The van der Waals surface area contributed by atoms with Crippen LogP contribution >= 0.6 is 0 Å². The van der Waals surface area contributed by atoms with Gasteiger partial charge < -0.3 is 10.0 Å². The van der Waals surface area contributed by atoms with Gasteiger partial charge in [0.25, 0.3) is 0 Å². The summed E-state index contributed by atoms with van der Waals surface area (Å²) < 4.78 is 22.8. The molecule has 1 N–H and O–H groups in total. The standard InChI is InChI=1S/C13H23NO4S/c15-7-6-14(12-3-1-2-4-12)13(16)9-11-5-8-19(17,18)10-11/h11-12,15H,1-10H2. The lowest BCUT2D eigenvalue weighted by Gasteiger charge is -2.29. The van der Waals surface area contributed by atoms with Crippen molar-refractivity contribution in [2.75, 3.05) is 24.7 Å². The first-order chi connectivity index (χ1) is 9.02. The second kappa shape index (κ2) is 6.22. The van der Waals surface area contributed by atoms with E-state index in [0.717, 1.165) is 25.7 Å². The molecule has 5 nitrogen and oxygen atoms in total. The highest BCUT2D eigenvalue weighted by atomic mass is 32.2. The van der Waals surface area contributed by atoms with Crippen molar-refractivity contribution in [1.29, 1.82) is 0 Å². The topological polar surface area (TPSA) is 74.7 Å². The summed E-state index contributed by atoms with van der Waals surface area (Å²) in [6, 6.07) is 0.248. The maximum Gasteiger partial charge on any atom is 0.223 e. The number of hydrogen-bond donors (Lipinski definition) is 1. The lowest BCUT2D eigenvalue weighted by molar-refractivity contribution is -0.134. The summed E-state index contributed by atoms with van der Waals surface area (Å²) in [4.78, 5) is 14.1. The van der Waals surface area contributed by atoms with Crippen LogP contribution in [0.1, 0.15) is 38.5 Å². The van der Waals surface area contributed by atoms with Gasteiger partial charge in [-0.05, 0) is 25.2 Å². The minimum absolute atomic E-state index is 0.0167. The summed E-state index contributed by atoms with van der Waals surface area (Å²) in [5, 5.41) is 9.10. The Kier molecular flexibility index (Phi) is 4.84. The molecule has 1 unspecified atom stereocenters. The van der Waals surface area contributed by atoms with E-state index in [4.69, 9.17) is 5.11 Å². The Bertz CT molecular complexity index is 414. The molecule has 2 aliphatic rings. The molecule has 1 saturated heterocycles. The highest BCUT2D eigenvalue weighted by molar-refractivity contribution is 7.91. The molecule has 2 rings (SSSR count). The van der Waals surface area contributed by atoms with Crippen molar-refractivity contribution in [3.05, 3.63) is 0 Å². The third kappa shape index (κ3) is 3.92. The van der Waals surface area contributed by atoms with Crippen LogP contribution in [0, 0.1) is 5.92 Å². The summed E-state index contributed by atoms with van der Waals surface area (Å²) in [5.74, 6) is 0.355. The zero-order valence-corrected chi connectivity index (χ0v) is 12.1. The predicted octanol–water partition coefficient (Wildman–Crippen LogP) is 0.575. The number of aliphatic hydroxyl groups is 1. The van der Waals surface area contributed by atoms with Crippen LogP contribution in [0.2, 0.25) is 0 Å². The zero-order chi connectivity index (χ0) is 13.9. The van der Waals surface area contributed by atoms with E-state index >= 15 is 0 Å². The van der Waals surface area contributed by atoms with E-state index in [9.17, 15) is 13.2 Å². The van der Waals surface area contributed by atoms with Crippen molar-refractivity contribution in [3.63, 3.8) is 0 Å². The average molecular weight is 289 g/mol. The van der Waals surface area contributed by atoms with E-state index in [2.05, 4.69) is 0 Å². The third-order valence-electron chi connectivity index (χ3n) is 4.22. The number of nitrogens with zero attached hydrogens (tertiary/aromatic N) is 1. The van der Waals surface area contributed by atoms with Gasteiger partial charge in [0.15, 0.2) is 9.84 Å². The molecule has 0 aromatic rings. The molecule has 0 spiro atoms. The number of amides is 1. The van der Waals surface area contributed by atoms with Crippen LogP contribution in [0.4, 0.5) is 0 Å². The second-order valence-electron chi connectivity index (χ2n) is 5.72. The molecular formula is C13H23NO4S. The van der Waals surface area contributed by atoms with Gasteiger partial charge in [0.1, 0.15) is 0 Å². The van der Waals surface area contributed by atoms with Crippen molar-refractivity contribution in [3.8, 4) is 0 Å². The molecule has 1 amide bonds. The molecule has 1 aliphatic carbocycles. The Labute approximate surface area is 114 Å². The normalized spacial score (nSPS) is 26.7. The molecule has 0 aromatic heterocycles. The molecule has 0 bridgehead atoms. The van der Waals surface area contributed by atoms with Gasteiger partial charge in [-0.15, -0.1) is 0 Å². The highest BCUT2D eigenvalue weighted by Crippen LogP contribution is 2.27. The zero-order valence-electron chi connectivity index (χ0n) is 11.3. The predicted molar refractivity (Wildman–Crippen MR) is 72.4 cm³/mol. The summed E-state index contributed by atoms with van der Waals surface area (Å²) in [5.41, 5.74) is 0. The molecule has 0 radical (unpaired) electrons. The van der Waals surface area contributed by atoms with Crippen molar-refractivity contribution in [2.24, 2.45) is 5.92 Å². The Hall–Kier alpha value is -0.620. The van der Waals surface area contributed by atoms with E-state index in [1.807, 2.05) is 0 Å². The molecule has 19 heavy (non-hydrogen) atoms. The maximum absolute atomic E-state index is 12.3. The van der Waals surface area contributed by atoms with Crippen LogP contribution in [-0.4, -0.2) is 55.0 Å². The van der Waals surface area contributed by atoms with Gasteiger partial charge in [0.05, 0.1) is 18.1 Å². The van der Waals surface area contributed by atoms with Gasteiger partial charge in [-0.1, -0.05) is 12.8 Å². The average Bonchev–Trinajstić information content (AvgIpc) is 2.95. The lowest BCUT2D eigenvalue weighted by Crippen LogP contribution is -2.41. The van der Waals surface area contributed by atoms with E-state index in [0.29, 0.717) is 19.4 Å². The first-order valence-corrected chi connectivity index (χ1v) is 8.95. The fourth-order valence-electron chi connectivity index (χ4n) is 3.23. The van der Waals surface area contributed by atoms with Gasteiger partial charge in [-0.3, -0.25) is 4.79 Å². The van der Waals surface area contributed by atoms with Gasteiger partial charge in [0.2, 0.25) is 5.91 Å². The van der Waals surface area contributed by atoms with Gasteiger partial charge in [-0.25, -0.2) is 8.42 Å². The molecule has 0 aromatic carbocycles. The quantitative estimate of drug-likeness (QED) is 0.803. The SMILES string of the molecule is O=C(CC1CCS(=O)(=O)C1)N(CCO)C1CCCC1. The van der Waals surface area contributed by atoms with Crippen LogP contribution in [0.15, 0.2) is 0 Å². The van der Waals surface area contributed by atoms with E-state index < -0.39 is 9.84 Å². The van der Waals surface area contributed by atoms with Crippen molar-refractivity contribution >= 4 is 15.7 Å². The lowest BCUT2D eigenvalue weighted by atomic mass is 10.0. The number of hydrogen-bond acceptors (Lipinski definition) is 4. The minimum atomic E-state index is -2.92. The molecule has 1 heterocycles. The van der Waals surface area contributed by atoms with Gasteiger partial charge in [-0.2, -0.15) is 0 Å². The molecule has 6 heteroatoms. The molecule has 1 aliphatic heterocycles. The molecule has 1 saturated carbocycles. The van der Waals surface area contributed by atoms with Crippen LogP contribution < -0.4 is 0 Å². The van der Waals surface area contributed by atoms with Gasteiger partial charge in [0, 0.05) is 19.0 Å². The van der Waals surface area contributed by atoms with Crippen molar-refractivity contribution in [2.45, 2.75) is 44.6 Å². The summed E-state index contributed by atoms with van der Waals surface area (Å²) in [6.45, 7) is 0.355. The third-order valence-corrected chi connectivity index (χ3v) is 6.05. The molecule has 1 atom stereocenters. The second-order valence-corrected chi connectivity index (χ2v) is 7.95. The minimum Gasteiger partial charge on any atom is -0.395 e. The number of rotatable bonds is 5. The molecular weight excluding hydrogens is 266 g/mol. The van der Waals surface area contributed by atoms with E-state index in [-0.39, 0.29) is 36.0 Å². The van der Waals surface area contributed by atoms with Crippen LogP contribution in [0.5, 0.6) is 0 Å². The fourth-order valence-corrected chi connectivity index (χ4v) is 5.09. The Morgan fingerprint density at radius 3 is 2.42 bits per heavy atom. The Balaban J connectivity index is 1.92. The maximum atomic E-state index is 12.3. The molecule has 110 valence electrons. The van der Waals surface area contributed by atoms with E-state index in [1.54, 1.807) is 4.90 Å². The number of carbonyl (C=O) groups excluding carboxylic acids is 1. The monoisotopic (exact) mass is 289 g/mol. The number of carbonyl (C=O) groups is 1. The smallest absolute Gasteiger partial charge is 0.223 e. The van der Waals surface area contributed by atoms with Crippen LogP contribution in [0.25, 0.3) is 0 Å². The number of sulfone groups is 1. The van der Waals surface area contributed by atoms with E-state index in [1.165, 1.54) is 0 Å². The van der Waals surface area contributed by atoms with Crippen LogP contribution in [-0.2, 0) is 14.6 Å². The fraction of sp³-hybridized carbons (Fsp3) is 0.923. The first-order valence-electron chi connectivity index (χ1n) is 7.12. The Morgan fingerprint density at radius 1 is 1.21 bits per heavy atom. The number of aliphatic hydroxyl groups excluding tert-OH is 1. The van der Waals surface area contributed by atoms with Crippen molar-refractivity contribution in [1.82, 2.24) is 4.90 Å². The summed E-state index contributed by atoms with van der Waals surface area (Å²) in [7, 11) is -2.92. The van der Waals surface area contributed by atoms with Crippen LogP contribution in [0.3, 0.4) is 0 Å². The Morgan fingerprint density at radius 2 is 1.89 bits per heavy atom. The first kappa shape index (κ1) is 14.8. The summed E-state index contributed by atoms with van der Waals surface area (Å²) >= 11 is 0. The van der Waals surface area contributed by atoms with Crippen molar-refractivity contribution < 1.29 is 18.3 Å². The summed E-state index contributed by atoms with van der Waals surface area (Å²) in [6.07, 6.45) is 5.21.